The molecule has 0 aromatic carbocycles. The van der Waals surface area contributed by atoms with E-state index in [9.17, 15) is 0 Å². The van der Waals surface area contributed by atoms with E-state index < -0.39 is 0 Å². The Labute approximate surface area is 112 Å². The summed E-state index contributed by atoms with van der Waals surface area (Å²) >= 11 is 0. The summed E-state index contributed by atoms with van der Waals surface area (Å²) in [5, 5.41) is 14.6. The second kappa shape index (κ2) is 5.03. The molecule has 0 bridgehead atoms. The number of anilines is 2. The highest BCUT2D eigenvalue weighted by atomic mass is 15.2. The van der Waals surface area contributed by atoms with Gasteiger partial charge in [0.2, 0.25) is 5.95 Å². The third-order valence-electron chi connectivity index (χ3n) is 3.55. The van der Waals surface area contributed by atoms with Gasteiger partial charge in [0, 0.05) is 12.6 Å². The molecule has 2 aromatic heterocycles. The van der Waals surface area contributed by atoms with Crippen LogP contribution >= 0.6 is 0 Å². The summed E-state index contributed by atoms with van der Waals surface area (Å²) in [5.41, 5.74) is 0.779. The van der Waals surface area contributed by atoms with E-state index in [1.165, 1.54) is 19.3 Å². The smallest absolute Gasteiger partial charge is 0.226 e. The maximum absolute atomic E-state index is 4.54. The van der Waals surface area contributed by atoms with Crippen LogP contribution in [0.1, 0.15) is 33.1 Å². The van der Waals surface area contributed by atoms with Crippen LogP contribution in [0.3, 0.4) is 0 Å². The lowest BCUT2D eigenvalue weighted by molar-refractivity contribution is 0.692. The number of nitrogens with one attached hydrogen (secondary N) is 3. The molecule has 1 fully saturated rings. The second-order valence-electron chi connectivity index (χ2n) is 5.09. The van der Waals surface area contributed by atoms with Gasteiger partial charge in [-0.15, -0.1) is 0 Å². The highest BCUT2D eigenvalue weighted by Gasteiger charge is 2.36. The van der Waals surface area contributed by atoms with Crippen molar-refractivity contribution in [1.29, 1.82) is 0 Å². The molecule has 2 aromatic rings. The van der Waals surface area contributed by atoms with Crippen molar-refractivity contribution in [3.05, 3.63) is 6.20 Å². The Bertz CT molecular complexity index is 563. The number of aromatic nitrogens is 4. The lowest BCUT2D eigenvalue weighted by atomic mass is 10.2. The Morgan fingerprint density at radius 2 is 2.26 bits per heavy atom. The van der Waals surface area contributed by atoms with Gasteiger partial charge < -0.3 is 10.6 Å². The zero-order chi connectivity index (χ0) is 13.2. The molecule has 19 heavy (non-hydrogen) atoms. The first-order valence-electron chi connectivity index (χ1n) is 7.03. The van der Waals surface area contributed by atoms with E-state index in [1.54, 1.807) is 6.20 Å². The Kier molecular flexibility index (Phi) is 3.23. The Balaban J connectivity index is 1.83. The highest BCUT2D eigenvalue weighted by Crippen LogP contribution is 2.38. The lowest BCUT2D eigenvalue weighted by Gasteiger charge is -2.08. The number of hydrogen-bond acceptors (Lipinski definition) is 5. The third-order valence-corrected chi connectivity index (χ3v) is 3.55. The minimum Gasteiger partial charge on any atom is -0.366 e. The molecule has 2 heterocycles. The molecule has 3 N–H and O–H groups in total. The molecule has 1 saturated carbocycles. The summed E-state index contributed by atoms with van der Waals surface area (Å²) in [6.07, 6.45) is 5.56. The first-order valence-corrected chi connectivity index (χ1v) is 7.03. The minimum atomic E-state index is 0.558. The fourth-order valence-electron chi connectivity index (χ4n) is 2.47. The van der Waals surface area contributed by atoms with E-state index in [0.29, 0.717) is 12.0 Å². The molecule has 0 amide bonds. The van der Waals surface area contributed by atoms with Crippen LogP contribution in [0.5, 0.6) is 0 Å². The van der Waals surface area contributed by atoms with Crippen LogP contribution in [0.4, 0.5) is 11.8 Å². The fourth-order valence-corrected chi connectivity index (χ4v) is 2.47. The van der Waals surface area contributed by atoms with Crippen LogP contribution in [0.25, 0.3) is 11.0 Å². The molecule has 2 unspecified atom stereocenters. The van der Waals surface area contributed by atoms with Gasteiger partial charge >= 0.3 is 0 Å². The number of rotatable bonds is 6. The molecule has 0 radical (unpaired) electrons. The molecule has 0 aliphatic heterocycles. The molecule has 3 rings (SSSR count). The first kappa shape index (κ1) is 12.2. The lowest BCUT2D eigenvalue weighted by Crippen LogP contribution is -2.10. The number of aromatic amines is 1. The minimum absolute atomic E-state index is 0.558. The second-order valence-corrected chi connectivity index (χ2v) is 5.09. The number of nitrogens with zero attached hydrogens (tertiary/aromatic N) is 3. The van der Waals surface area contributed by atoms with Crippen molar-refractivity contribution in [1.82, 2.24) is 20.2 Å². The van der Waals surface area contributed by atoms with Crippen molar-refractivity contribution in [2.45, 2.75) is 39.2 Å². The predicted molar refractivity (Wildman–Crippen MR) is 76.3 cm³/mol. The van der Waals surface area contributed by atoms with Crippen LogP contribution in [0.15, 0.2) is 6.20 Å². The van der Waals surface area contributed by atoms with Gasteiger partial charge in [-0.05, 0) is 25.7 Å². The Hall–Kier alpha value is -1.85. The van der Waals surface area contributed by atoms with E-state index in [-0.39, 0.29) is 0 Å². The average molecular weight is 260 g/mol. The molecule has 1 aliphatic rings. The van der Waals surface area contributed by atoms with Crippen LogP contribution in [0, 0.1) is 5.92 Å². The SMILES string of the molecule is CCCC1CC1Nc1nc(NCC)nc2[nH]ncc12. The van der Waals surface area contributed by atoms with Crippen LogP contribution in [-0.4, -0.2) is 32.8 Å². The van der Waals surface area contributed by atoms with Gasteiger partial charge in [-0.2, -0.15) is 15.1 Å². The summed E-state index contributed by atoms with van der Waals surface area (Å²) in [4.78, 5) is 8.93. The molecule has 0 spiro atoms. The van der Waals surface area contributed by atoms with Gasteiger partial charge in [-0.1, -0.05) is 13.3 Å². The van der Waals surface area contributed by atoms with Gasteiger partial charge in [0.25, 0.3) is 0 Å². The normalized spacial score (nSPS) is 21.6. The van der Waals surface area contributed by atoms with Crippen LogP contribution < -0.4 is 10.6 Å². The third kappa shape index (κ3) is 2.47. The average Bonchev–Trinajstić information content (AvgIpc) is 2.94. The Morgan fingerprint density at radius 3 is 3.05 bits per heavy atom. The molecule has 102 valence electrons. The van der Waals surface area contributed by atoms with Gasteiger partial charge in [-0.3, -0.25) is 5.10 Å². The standard InChI is InChI=1S/C13H20N6/c1-3-5-8-6-10(8)16-11-9-7-15-19-12(9)18-13(17-11)14-4-2/h7-8,10H,3-6H2,1-2H3,(H3,14,15,16,17,18,19). The molecular weight excluding hydrogens is 240 g/mol. The molecule has 2 atom stereocenters. The molecule has 0 saturated heterocycles. The summed E-state index contributed by atoms with van der Waals surface area (Å²) < 4.78 is 0. The molecule has 6 nitrogen and oxygen atoms in total. The molecule has 1 aliphatic carbocycles. The van der Waals surface area contributed by atoms with E-state index in [1.807, 2.05) is 6.92 Å². The summed E-state index contributed by atoms with van der Waals surface area (Å²) in [6.45, 7) is 5.07. The van der Waals surface area contributed by atoms with E-state index in [2.05, 4.69) is 37.7 Å². The zero-order valence-electron chi connectivity index (χ0n) is 11.4. The number of hydrogen-bond donors (Lipinski definition) is 3. The van der Waals surface area contributed by atoms with E-state index in [0.717, 1.165) is 29.3 Å². The topological polar surface area (TPSA) is 78.5 Å². The van der Waals surface area contributed by atoms with Crippen molar-refractivity contribution in [3.8, 4) is 0 Å². The fraction of sp³-hybridized carbons (Fsp3) is 0.615. The summed E-state index contributed by atoms with van der Waals surface area (Å²) in [5.74, 6) is 2.33. The first-order chi connectivity index (χ1) is 9.31. The number of H-pyrrole nitrogens is 1. The predicted octanol–water partition coefficient (Wildman–Crippen LogP) is 2.39. The van der Waals surface area contributed by atoms with Crippen molar-refractivity contribution in [3.63, 3.8) is 0 Å². The van der Waals surface area contributed by atoms with E-state index in [4.69, 9.17) is 0 Å². The van der Waals surface area contributed by atoms with Crippen molar-refractivity contribution < 1.29 is 0 Å². The van der Waals surface area contributed by atoms with E-state index >= 15 is 0 Å². The summed E-state index contributed by atoms with van der Waals surface area (Å²) in [7, 11) is 0. The maximum Gasteiger partial charge on any atom is 0.226 e. The maximum atomic E-state index is 4.54. The van der Waals surface area contributed by atoms with Gasteiger partial charge in [0.15, 0.2) is 5.65 Å². The highest BCUT2D eigenvalue weighted by molar-refractivity contribution is 5.87. The van der Waals surface area contributed by atoms with Crippen molar-refractivity contribution >= 4 is 22.8 Å². The van der Waals surface area contributed by atoms with Gasteiger partial charge in [0.1, 0.15) is 5.82 Å². The number of fused-ring (bicyclic) bond motifs is 1. The van der Waals surface area contributed by atoms with Gasteiger partial charge in [0.05, 0.1) is 11.6 Å². The summed E-state index contributed by atoms with van der Waals surface area (Å²) in [6, 6.07) is 0.558. The van der Waals surface area contributed by atoms with Gasteiger partial charge in [-0.25, -0.2) is 0 Å². The van der Waals surface area contributed by atoms with Crippen molar-refractivity contribution in [2.24, 2.45) is 5.92 Å². The van der Waals surface area contributed by atoms with Crippen molar-refractivity contribution in [2.75, 3.05) is 17.2 Å². The zero-order valence-corrected chi connectivity index (χ0v) is 11.4. The Morgan fingerprint density at radius 1 is 1.37 bits per heavy atom. The van der Waals surface area contributed by atoms with Crippen LogP contribution in [0.2, 0.25) is 0 Å². The quantitative estimate of drug-likeness (QED) is 0.743. The monoisotopic (exact) mass is 260 g/mol. The van der Waals surface area contributed by atoms with Crippen LogP contribution in [-0.2, 0) is 0 Å². The molecular formula is C13H20N6. The largest absolute Gasteiger partial charge is 0.366 e. The molecule has 6 heteroatoms.